The van der Waals surface area contributed by atoms with Crippen molar-refractivity contribution in [3.8, 4) is 0 Å². The van der Waals surface area contributed by atoms with Crippen LogP contribution in [0.2, 0.25) is 5.02 Å². The van der Waals surface area contributed by atoms with Gasteiger partial charge in [0, 0.05) is 28.3 Å². The monoisotopic (exact) mass is 290 g/mol. The zero-order valence-electron chi connectivity index (χ0n) is 10.4. The number of hydrogen-bond donors (Lipinski definition) is 0. The van der Waals surface area contributed by atoms with Crippen LogP contribution in [0.15, 0.2) is 48.5 Å². The summed E-state index contributed by atoms with van der Waals surface area (Å²) in [6, 6.07) is 12.8. The third kappa shape index (κ3) is 3.80. The van der Waals surface area contributed by atoms with Crippen molar-refractivity contribution in [2.45, 2.75) is 6.54 Å². The molecule has 0 N–H and O–H groups in total. The van der Waals surface area contributed by atoms with Crippen LogP contribution in [0.5, 0.6) is 0 Å². The predicted octanol–water partition coefficient (Wildman–Crippen LogP) is 3.38. The topological polar surface area (TPSA) is 69.2 Å². The average molecular weight is 291 g/mol. The van der Waals surface area contributed by atoms with Crippen molar-refractivity contribution in [2.24, 2.45) is 0 Å². The molecular formula is C14H11ClN2O3. The van der Waals surface area contributed by atoms with Gasteiger partial charge in [-0.25, -0.2) is 4.74 Å². The number of rotatable bonds is 4. The summed E-state index contributed by atoms with van der Waals surface area (Å²) in [5, 5.41) is 22.9. The first-order valence-electron chi connectivity index (χ1n) is 5.82. The second-order valence-electron chi connectivity index (χ2n) is 4.18. The highest BCUT2D eigenvalue weighted by Gasteiger charge is 2.05. The van der Waals surface area contributed by atoms with Gasteiger partial charge in [0.15, 0.2) is 12.8 Å². The van der Waals surface area contributed by atoms with Crippen LogP contribution in [-0.2, 0) is 6.54 Å². The number of nitro benzene ring substituents is 1. The average Bonchev–Trinajstić information content (AvgIpc) is 2.42. The maximum Gasteiger partial charge on any atom is 0.269 e. The van der Waals surface area contributed by atoms with Gasteiger partial charge in [-0.1, -0.05) is 23.7 Å². The highest BCUT2D eigenvalue weighted by atomic mass is 35.5. The second kappa shape index (κ2) is 6.16. The number of hydroxylamine groups is 1. The van der Waals surface area contributed by atoms with Crippen LogP contribution in [0.3, 0.4) is 0 Å². The number of hydrogen-bond acceptors (Lipinski definition) is 3. The summed E-state index contributed by atoms with van der Waals surface area (Å²) < 4.78 is 0.768. The molecule has 0 fully saturated rings. The molecule has 0 aliphatic rings. The van der Waals surface area contributed by atoms with E-state index in [0.717, 1.165) is 10.3 Å². The molecule has 2 rings (SSSR count). The van der Waals surface area contributed by atoms with Gasteiger partial charge in [-0.2, -0.15) is 0 Å². The maximum absolute atomic E-state index is 11.8. The van der Waals surface area contributed by atoms with Gasteiger partial charge in [0.1, 0.15) is 0 Å². The Balaban J connectivity index is 2.09. The van der Waals surface area contributed by atoms with Gasteiger partial charge in [-0.15, -0.1) is 0 Å². The normalized spacial score (nSPS) is 11.3. The summed E-state index contributed by atoms with van der Waals surface area (Å²) in [6.45, 7) is 0.189. The lowest BCUT2D eigenvalue weighted by atomic mass is 10.2. The lowest BCUT2D eigenvalue weighted by molar-refractivity contribution is -0.469. The molecule has 2 aromatic rings. The lowest BCUT2D eigenvalue weighted by Crippen LogP contribution is -2.05. The minimum atomic E-state index is -0.480. The van der Waals surface area contributed by atoms with E-state index < -0.39 is 4.92 Å². The van der Waals surface area contributed by atoms with Crippen molar-refractivity contribution in [2.75, 3.05) is 0 Å². The van der Waals surface area contributed by atoms with Crippen LogP contribution >= 0.6 is 11.6 Å². The smallest absolute Gasteiger partial charge is 0.269 e. The Morgan fingerprint density at radius 3 is 2.15 bits per heavy atom. The van der Waals surface area contributed by atoms with Crippen molar-refractivity contribution in [1.29, 1.82) is 0 Å². The van der Waals surface area contributed by atoms with Gasteiger partial charge in [0.2, 0.25) is 0 Å². The molecule has 102 valence electrons. The Bertz CT molecular complexity index is 636. The van der Waals surface area contributed by atoms with Gasteiger partial charge >= 0.3 is 0 Å². The number of benzene rings is 2. The fourth-order valence-electron chi connectivity index (χ4n) is 1.66. The van der Waals surface area contributed by atoms with Crippen molar-refractivity contribution >= 4 is 23.5 Å². The van der Waals surface area contributed by atoms with Crippen LogP contribution < -0.4 is 0 Å². The van der Waals surface area contributed by atoms with E-state index in [1.54, 1.807) is 24.3 Å². The van der Waals surface area contributed by atoms with E-state index in [-0.39, 0.29) is 12.2 Å². The summed E-state index contributed by atoms with van der Waals surface area (Å²) in [6.07, 6.45) is 1.39. The summed E-state index contributed by atoms with van der Waals surface area (Å²) in [4.78, 5) is 10.0. The first-order chi connectivity index (χ1) is 9.54. The largest absolute Gasteiger partial charge is 0.624 e. The van der Waals surface area contributed by atoms with Crippen molar-refractivity contribution in [1.82, 2.24) is 0 Å². The summed E-state index contributed by atoms with van der Waals surface area (Å²) in [5.41, 5.74) is 1.44. The molecule has 6 heteroatoms. The zero-order chi connectivity index (χ0) is 14.5. The van der Waals surface area contributed by atoms with E-state index in [2.05, 4.69) is 0 Å². The van der Waals surface area contributed by atoms with Crippen molar-refractivity contribution < 1.29 is 9.66 Å². The van der Waals surface area contributed by atoms with Crippen LogP contribution in [0, 0.1) is 15.3 Å². The first-order valence-corrected chi connectivity index (χ1v) is 6.20. The molecule has 0 atom stereocenters. The van der Waals surface area contributed by atoms with E-state index >= 15 is 0 Å². The minimum Gasteiger partial charge on any atom is -0.624 e. The Labute approximate surface area is 120 Å². The Kier molecular flexibility index (Phi) is 4.32. The molecule has 0 aliphatic carbocycles. The van der Waals surface area contributed by atoms with Gasteiger partial charge in [0.25, 0.3) is 5.69 Å². The molecule has 0 radical (unpaired) electrons. The van der Waals surface area contributed by atoms with Crippen molar-refractivity contribution in [3.63, 3.8) is 0 Å². The molecule has 0 unspecified atom stereocenters. The van der Waals surface area contributed by atoms with Gasteiger partial charge in [-0.3, -0.25) is 10.1 Å². The molecule has 5 nitrogen and oxygen atoms in total. The van der Waals surface area contributed by atoms with E-state index in [9.17, 15) is 15.3 Å². The molecule has 0 heterocycles. The van der Waals surface area contributed by atoms with E-state index in [4.69, 9.17) is 11.6 Å². The molecule has 0 aliphatic heterocycles. The third-order valence-corrected chi connectivity index (χ3v) is 2.90. The van der Waals surface area contributed by atoms with Crippen LogP contribution in [0.1, 0.15) is 11.1 Å². The summed E-state index contributed by atoms with van der Waals surface area (Å²) in [5.74, 6) is 0. The number of halogens is 1. The van der Waals surface area contributed by atoms with Crippen molar-refractivity contribution in [3.05, 3.63) is 80.0 Å². The molecule has 0 saturated carbocycles. The standard InChI is InChI=1S/C14H11ClN2O3/c15-13-5-1-11(2-6-13)9-16(18)10-12-3-7-14(8-4-12)17(19)20/h1-8,10H,9H2/b16-10-. The molecule has 20 heavy (non-hydrogen) atoms. The maximum atomic E-state index is 11.8. The number of non-ortho nitro benzene ring substituents is 1. The fourth-order valence-corrected chi connectivity index (χ4v) is 1.79. The van der Waals surface area contributed by atoms with Gasteiger partial charge in [0.05, 0.1) is 4.92 Å². The van der Waals surface area contributed by atoms with E-state index in [0.29, 0.717) is 10.6 Å². The summed E-state index contributed by atoms with van der Waals surface area (Å²) in [7, 11) is 0. The van der Waals surface area contributed by atoms with E-state index in [1.165, 1.54) is 30.5 Å². The molecule has 0 saturated heterocycles. The highest BCUT2D eigenvalue weighted by Crippen LogP contribution is 2.12. The summed E-state index contributed by atoms with van der Waals surface area (Å²) >= 11 is 5.76. The Morgan fingerprint density at radius 1 is 1.00 bits per heavy atom. The molecule has 2 aromatic carbocycles. The Hall–Kier alpha value is -2.40. The number of nitrogens with zero attached hydrogens (tertiary/aromatic N) is 2. The second-order valence-corrected chi connectivity index (χ2v) is 4.62. The quantitative estimate of drug-likeness (QED) is 0.285. The van der Waals surface area contributed by atoms with Crippen LogP contribution in [0.25, 0.3) is 0 Å². The lowest BCUT2D eigenvalue weighted by Gasteiger charge is -2.04. The molecule has 0 amide bonds. The Morgan fingerprint density at radius 2 is 1.60 bits per heavy atom. The molecule has 0 aromatic heterocycles. The molecular weight excluding hydrogens is 280 g/mol. The third-order valence-electron chi connectivity index (χ3n) is 2.65. The molecule has 0 spiro atoms. The van der Waals surface area contributed by atoms with Crippen LogP contribution in [0.4, 0.5) is 5.69 Å². The fraction of sp³-hybridized carbons (Fsp3) is 0.0714. The minimum absolute atomic E-state index is 0.00250. The van der Waals surface area contributed by atoms with E-state index in [1.807, 2.05) is 0 Å². The number of nitro groups is 1. The SMILES string of the molecule is O=[N+]([O-])c1ccc(/C=[N+](\[O-])Cc2ccc(Cl)cc2)cc1. The zero-order valence-corrected chi connectivity index (χ0v) is 11.2. The first kappa shape index (κ1) is 14.0. The van der Waals surface area contributed by atoms with Gasteiger partial charge < -0.3 is 5.21 Å². The molecule has 0 bridgehead atoms. The highest BCUT2D eigenvalue weighted by molar-refractivity contribution is 6.30. The van der Waals surface area contributed by atoms with Gasteiger partial charge in [-0.05, 0) is 24.3 Å². The van der Waals surface area contributed by atoms with Crippen LogP contribution in [-0.4, -0.2) is 15.9 Å². The predicted molar refractivity (Wildman–Crippen MR) is 77.0 cm³/mol.